The van der Waals surface area contributed by atoms with Crippen LogP contribution in [0, 0.1) is 0 Å². The summed E-state index contributed by atoms with van der Waals surface area (Å²) in [4.78, 5) is 26.2. The first-order chi connectivity index (χ1) is 13.3. The minimum Gasteiger partial charge on any atom is -0.504 e. The molecule has 1 N–H and O–H groups in total. The van der Waals surface area contributed by atoms with Gasteiger partial charge in [-0.05, 0) is 23.8 Å². The minimum atomic E-state index is -0.683. The third-order valence-electron chi connectivity index (χ3n) is 4.82. The molecule has 0 unspecified atom stereocenters. The summed E-state index contributed by atoms with van der Waals surface area (Å²) in [7, 11) is 1.92. The number of carbonyl (C=O) groups excluding carboxylic acids is 2. The van der Waals surface area contributed by atoms with E-state index in [1.54, 1.807) is 12.1 Å². The van der Waals surface area contributed by atoms with Crippen molar-refractivity contribution in [3.05, 3.63) is 65.9 Å². The van der Waals surface area contributed by atoms with Crippen LogP contribution in [0.4, 0.5) is 5.69 Å². The van der Waals surface area contributed by atoms with Gasteiger partial charge in [-0.2, -0.15) is 0 Å². The Bertz CT molecular complexity index is 932. The Labute approximate surface area is 164 Å². The number of phenols is 1. The highest BCUT2D eigenvalue weighted by Crippen LogP contribution is 2.46. The van der Waals surface area contributed by atoms with Gasteiger partial charge in [0.15, 0.2) is 30.5 Å². The number of carbonyl (C=O) groups is 2. The van der Waals surface area contributed by atoms with E-state index in [1.807, 2.05) is 36.2 Å². The van der Waals surface area contributed by atoms with Crippen LogP contribution in [0.3, 0.4) is 0 Å². The highest BCUT2D eigenvalue weighted by atomic mass is 16.6. The Morgan fingerprint density at radius 1 is 1.07 bits per heavy atom. The molecule has 2 aromatic rings. The molecule has 3 rings (SSSR count). The van der Waals surface area contributed by atoms with Gasteiger partial charge in [-0.1, -0.05) is 44.2 Å². The van der Waals surface area contributed by atoms with Crippen LogP contribution in [0.15, 0.2) is 60.3 Å². The quantitative estimate of drug-likeness (QED) is 0.612. The number of benzene rings is 2. The molecule has 0 fully saturated rings. The van der Waals surface area contributed by atoms with E-state index in [9.17, 15) is 14.7 Å². The molecule has 146 valence electrons. The molecule has 0 saturated heterocycles. The van der Waals surface area contributed by atoms with Crippen molar-refractivity contribution in [2.45, 2.75) is 19.3 Å². The van der Waals surface area contributed by atoms with Gasteiger partial charge < -0.3 is 19.5 Å². The second kappa shape index (κ2) is 7.76. The van der Waals surface area contributed by atoms with E-state index in [1.165, 1.54) is 18.2 Å². The van der Waals surface area contributed by atoms with E-state index >= 15 is 0 Å². The van der Waals surface area contributed by atoms with Gasteiger partial charge in [-0.25, -0.2) is 4.79 Å². The number of nitrogens with zero attached hydrogens (tertiary/aromatic N) is 1. The van der Waals surface area contributed by atoms with E-state index < -0.39 is 12.6 Å². The molecule has 1 aliphatic heterocycles. The number of fused-ring (bicyclic) bond motifs is 1. The number of ketones is 1. The number of esters is 1. The number of aromatic hydroxyl groups is 1. The van der Waals surface area contributed by atoms with Crippen molar-refractivity contribution in [2.24, 2.45) is 0 Å². The predicted molar refractivity (Wildman–Crippen MR) is 106 cm³/mol. The molecule has 0 aliphatic carbocycles. The first kappa shape index (κ1) is 19.5. The van der Waals surface area contributed by atoms with Crippen LogP contribution >= 0.6 is 0 Å². The summed E-state index contributed by atoms with van der Waals surface area (Å²) in [6.07, 6.45) is 1.52. The van der Waals surface area contributed by atoms with E-state index in [2.05, 4.69) is 13.8 Å². The molecule has 6 nitrogen and oxygen atoms in total. The average Bonchev–Trinajstić information content (AvgIpc) is 2.87. The van der Waals surface area contributed by atoms with Crippen LogP contribution in [0.1, 0.15) is 19.4 Å². The molecule has 0 radical (unpaired) electrons. The van der Waals surface area contributed by atoms with Crippen molar-refractivity contribution >= 4 is 17.4 Å². The SMILES string of the molecule is CN1C(=CC(=O)COC(=O)COc2ccccc2O)C(C)(C)c2ccccc21. The van der Waals surface area contributed by atoms with Gasteiger partial charge in [0.25, 0.3) is 0 Å². The zero-order valence-corrected chi connectivity index (χ0v) is 16.1. The van der Waals surface area contributed by atoms with E-state index in [0.717, 1.165) is 16.9 Å². The molecule has 1 heterocycles. The lowest BCUT2D eigenvalue weighted by Crippen LogP contribution is -2.25. The Balaban J connectivity index is 1.58. The molecule has 2 aromatic carbocycles. The average molecular weight is 381 g/mol. The van der Waals surface area contributed by atoms with Gasteiger partial charge in [-0.15, -0.1) is 0 Å². The van der Waals surface area contributed by atoms with Gasteiger partial charge in [0.05, 0.1) is 0 Å². The van der Waals surface area contributed by atoms with Crippen molar-refractivity contribution in [3.63, 3.8) is 0 Å². The fourth-order valence-corrected chi connectivity index (χ4v) is 3.36. The topological polar surface area (TPSA) is 76.1 Å². The van der Waals surface area contributed by atoms with Gasteiger partial charge in [0.1, 0.15) is 0 Å². The number of hydrogen-bond donors (Lipinski definition) is 1. The number of likely N-dealkylation sites (N-methyl/N-ethyl adjacent to an activating group) is 1. The van der Waals surface area contributed by atoms with Crippen LogP contribution in [-0.4, -0.2) is 37.1 Å². The van der Waals surface area contributed by atoms with E-state index in [-0.39, 0.29) is 29.3 Å². The number of para-hydroxylation sites is 3. The first-order valence-electron chi connectivity index (χ1n) is 8.95. The number of phenolic OH excluding ortho intramolecular Hbond substituents is 1. The van der Waals surface area contributed by atoms with Crippen molar-refractivity contribution < 1.29 is 24.2 Å². The summed E-state index contributed by atoms with van der Waals surface area (Å²) in [6.45, 7) is 3.35. The number of hydrogen-bond acceptors (Lipinski definition) is 6. The van der Waals surface area contributed by atoms with Crippen LogP contribution < -0.4 is 9.64 Å². The van der Waals surface area contributed by atoms with E-state index in [0.29, 0.717) is 0 Å². The maximum Gasteiger partial charge on any atom is 0.344 e. The lowest BCUT2D eigenvalue weighted by molar-refractivity contribution is -0.149. The minimum absolute atomic E-state index is 0.0674. The summed E-state index contributed by atoms with van der Waals surface area (Å²) < 4.78 is 10.2. The van der Waals surface area contributed by atoms with Crippen LogP contribution in [-0.2, 0) is 19.7 Å². The summed E-state index contributed by atoms with van der Waals surface area (Å²) >= 11 is 0. The van der Waals surface area contributed by atoms with Crippen molar-refractivity contribution in [1.82, 2.24) is 0 Å². The van der Waals surface area contributed by atoms with Crippen LogP contribution in [0.25, 0.3) is 0 Å². The third-order valence-corrected chi connectivity index (χ3v) is 4.82. The van der Waals surface area contributed by atoms with Crippen molar-refractivity contribution in [2.75, 3.05) is 25.2 Å². The van der Waals surface area contributed by atoms with Crippen LogP contribution in [0.2, 0.25) is 0 Å². The highest BCUT2D eigenvalue weighted by Gasteiger charge is 2.38. The smallest absolute Gasteiger partial charge is 0.344 e. The van der Waals surface area contributed by atoms with Gasteiger partial charge >= 0.3 is 5.97 Å². The summed E-state index contributed by atoms with van der Waals surface area (Å²) in [6, 6.07) is 14.3. The molecule has 6 heteroatoms. The van der Waals surface area contributed by atoms with Crippen molar-refractivity contribution in [1.29, 1.82) is 0 Å². The standard InChI is InChI=1S/C22H23NO5/c1-22(2)16-8-4-5-9-17(16)23(3)20(22)12-15(24)13-28-21(26)14-27-19-11-7-6-10-18(19)25/h4-12,25H,13-14H2,1-3H3. The fourth-order valence-electron chi connectivity index (χ4n) is 3.36. The lowest BCUT2D eigenvalue weighted by atomic mass is 9.83. The lowest BCUT2D eigenvalue weighted by Gasteiger charge is -2.23. The molecule has 0 atom stereocenters. The second-order valence-corrected chi connectivity index (χ2v) is 7.11. The normalized spacial score (nSPS) is 16.0. The summed E-state index contributed by atoms with van der Waals surface area (Å²) in [5.41, 5.74) is 2.73. The Kier molecular flexibility index (Phi) is 5.40. The monoisotopic (exact) mass is 381 g/mol. The third kappa shape index (κ3) is 3.86. The fraction of sp³-hybridized carbons (Fsp3) is 0.273. The molecule has 1 aliphatic rings. The second-order valence-electron chi connectivity index (χ2n) is 7.11. The maximum atomic E-state index is 12.4. The van der Waals surface area contributed by atoms with Gasteiger partial charge in [-0.3, -0.25) is 4.79 Å². The Hall–Kier alpha value is -3.28. The Morgan fingerprint density at radius 3 is 2.46 bits per heavy atom. The maximum absolute atomic E-state index is 12.4. The van der Waals surface area contributed by atoms with Gasteiger partial charge in [0.2, 0.25) is 0 Å². The van der Waals surface area contributed by atoms with Gasteiger partial charge in [0, 0.05) is 29.9 Å². The number of anilines is 1. The zero-order valence-electron chi connectivity index (χ0n) is 16.1. The molecule has 0 aromatic heterocycles. The van der Waals surface area contributed by atoms with Crippen molar-refractivity contribution in [3.8, 4) is 11.5 Å². The summed E-state index contributed by atoms with van der Waals surface area (Å²) in [5, 5.41) is 9.61. The molecule has 0 saturated carbocycles. The molecular weight excluding hydrogens is 358 g/mol. The molecule has 0 spiro atoms. The summed E-state index contributed by atoms with van der Waals surface area (Å²) in [5.74, 6) is -0.877. The highest BCUT2D eigenvalue weighted by molar-refractivity contribution is 5.94. The molecule has 28 heavy (non-hydrogen) atoms. The predicted octanol–water partition coefficient (Wildman–Crippen LogP) is 3.19. The number of rotatable bonds is 6. The zero-order chi connectivity index (χ0) is 20.3. The first-order valence-corrected chi connectivity index (χ1v) is 8.95. The van der Waals surface area contributed by atoms with Crippen LogP contribution in [0.5, 0.6) is 11.5 Å². The number of ether oxygens (including phenoxy) is 2. The van der Waals surface area contributed by atoms with E-state index in [4.69, 9.17) is 9.47 Å². The largest absolute Gasteiger partial charge is 0.504 e. The number of allylic oxidation sites excluding steroid dienone is 1. The molecular formula is C22H23NO5. The molecule has 0 amide bonds. The Morgan fingerprint density at radius 2 is 1.75 bits per heavy atom. The molecule has 0 bridgehead atoms.